The molecule has 0 radical (unpaired) electrons. The Bertz CT molecular complexity index is 347. The smallest absolute Gasteiger partial charge is 0.165 e. The molecule has 0 fully saturated rings. The van der Waals surface area contributed by atoms with E-state index >= 15 is 0 Å². The summed E-state index contributed by atoms with van der Waals surface area (Å²) in [5, 5.41) is 0.632. The van der Waals surface area contributed by atoms with Crippen LogP contribution in [0.2, 0.25) is 0 Å². The Labute approximate surface area is 115 Å². The second-order valence-corrected chi connectivity index (χ2v) is 4.27. The molecule has 102 valence electrons. The Morgan fingerprint density at radius 3 is 2.67 bits per heavy atom. The third-order valence-corrected chi connectivity index (χ3v) is 2.92. The van der Waals surface area contributed by atoms with Gasteiger partial charge >= 0.3 is 0 Å². The maximum Gasteiger partial charge on any atom is 0.165 e. The number of methoxy groups -OCH3 is 1. The highest BCUT2D eigenvalue weighted by Gasteiger charge is 2.04. The zero-order chi connectivity index (χ0) is 13.2. The lowest BCUT2D eigenvalue weighted by atomic mass is 10.2. The van der Waals surface area contributed by atoms with Crippen molar-refractivity contribution in [3.8, 4) is 5.75 Å². The first-order chi connectivity index (χ1) is 8.77. The van der Waals surface area contributed by atoms with E-state index in [9.17, 15) is 4.39 Å². The van der Waals surface area contributed by atoms with Crippen molar-refractivity contribution in [2.24, 2.45) is 0 Å². The molecule has 0 saturated carbocycles. The number of hydrogen-bond donors (Lipinski definition) is 0. The highest BCUT2D eigenvalue weighted by Crippen LogP contribution is 2.19. The molecule has 0 spiro atoms. The van der Waals surface area contributed by atoms with Crippen molar-refractivity contribution in [3.63, 3.8) is 0 Å². The first-order valence-electron chi connectivity index (χ1n) is 5.81. The van der Waals surface area contributed by atoms with Crippen molar-refractivity contribution < 1.29 is 18.6 Å². The van der Waals surface area contributed by atoms with Gasteiger partial charge in [0.15, 0.2) is 11.6 Å². The van der Waals surface area contributed by atoms with Crippen LogP contribution >= 0.6 is 15.9 Å². The minimum atomic E-state index is -0.341. The minimum absolute atomic E-state index is 0.264. The summed E-state index contributed by atoms with van der Waals surface area (Å²) >= 11 is 3.27. The quantitative estimate of drug-likeness (QED) is 0.516. The van der Waals surface area contributed by atoms with Crippen LogP contribution in [0.5, 0.6) is 5.75 Å². The van der Waals surface area contributed by atoms with Crippen molar-refractivity contribution in [2.45, 2.75) is 11.8 Å². The molecule has 0 atom stereocenters. The SMILES string of the molecule is COCCCOCCOc1ccc(CBr)cc1F. The summed E-state index contributed by atoms with van der Waals surface area (Å²) in [4.78, 5) is 0. The molecule has 1 aromatic rings. The zero-order valence-corrected chi connectivity index (χ0v) is 12.0. The summed E-state index contributed by atoms with van der Waals surface area (Å²) in [7, 11) is 1.66. The average molecular weight is 321 g/mol. The number of halogens is 2. The summed E-state index contributed by atoms with van der Waals surface area (Å²) in [6, 6.07) is 4.92. The largest absolute Gasteiger partial charge is 0.488 e. The Morgan fingerprint density at radius 2 is 2.00 bits per heavy atom. The summed E-state index contributed by atoms with van der Waals surface area (Å²) in [5.74, 6) is -0.0773. The normalized spacial score (nSPS) is 10.6. The highest BCUT2D eigenvalue weighted by molar-refractivity contribution is 9.08. The van der Waals surface area contributed by atoms with E-state index in [0.29, 0.717) is 31.8 Å². The van der Waals surface area contributed by atoms with Gasteiger partial charge in [0.2, 0.25) is 0 Å². The average Bonchev–Trinajstić information content (AvgIpc) is 2.39. The van der Waals surface area contributed by atoms with Gasteiger partial charge in [0.05, 0.1) is 6.61 Å². The number of hydrogen-bond acceptors (Lipinski definition) is 3. The summed E-state index contributed by atoms with van der Waals surface area (Å²) < 4.78 is 29.0. The fraction of sp³-hybridized carbons (Fsp3) is 0.538. The van der Waals surface area contributed by atoms with Gasteiger partial charge in [-0.25, -0.2) is 4.39 Å². The fourth-order valence-electron chi connectivity index (χ4n) is 1.36. The predicted octanol–water partition coefficient (Wildman–Crippen LogP) is 3.15. The molecule has 0 aliphatic rings. The maximum absolute atomic E-state index is 13.5. The highest BCUT2D eigenvalue weighted by atomic mass is 79.9. The van der Waals surface area contributed by atoms with Crippen molar-refractivity contribution >= 4 is 15.9 Å². The Balaban J connectivity index is 2.19. The van der Waals surface area contributed by atoms with Gasteiger partial charge in [-0.3, -0.25) is 0 Å². The lowest BCUT2D eigenvalue weighted by Crippen LogP contribution is -2.09. The third-order valence-electron chi connectivity index (χ3n) is 2.27. The Hall–Kier alpha value is -0.650. The summed E-state index contributed by atoms with van der Waals surface area (Å²) in [6.07, 6.45) is 0.852. The molecular weight excluding hydrogens is 303 g/mol. The Kier molecular flexibility index (Phi) is 7.96. The van der Waals surface area contributed by atoms with E-state index in [4.69, 9.17) is 14.2 Å². The first kappa shape index (κ1) is 15.4. The lowest BCUT2D eigenvalue weighted by Gasteiger charge is -2.08. The second-order valence-electron chi connectivity index (χ2n) is 3.71. The molecule has 0 bridgehead atoms. The summed E-state index contributed by atoms with van der Waals surface area (Å²) in [5.41, 5.74) is 0.885. The zero-order valence-electron chi connectivity index (χ0n) is 10.5. The first-order valence-corrected chi connectivity index (χ1v) is 6.94. The number of alkyl halides is 1. The molecule has 1 aromatic carbocycles. The predicted molar refractivity (Wildman–Crippen MR) is 71.8 cm³/mol. The van der Waals surface area contributed by atoms with Crippen molar-refractivity contribution in [1.82, 2.24) is 0 Å². The molecule has 5 heteroatoms. The number of benzene rings is 1. The number of ether oxygens (including phenoxy) is 3. The van der Waals surface area contributed by atoms with E-state index in [1.165, 1.54) is 6.07 Å². The van der Waals surface area contributed by atoms with Gasteiger partial charge in [-0.2, -0.15) is 0 Å². The van der Waals surface area contributed by atoms with Crippen LogP contribution in [0.4, 0.5) is 4.39 Å². The van der Waals surface area contributed by atoms with Gasteiger partial charge < -0.3 is 14.2 Å². The maximum atomic E-state index is 13.5. The Morgan fingerprint density at radius 1 is 1.17 bits per heavy atom. The van der Waals surface area contributed by atoms with Crippen molar-refractivity contribution in [2.75, 3.05) is 33.5 Å². The van der Waals surface area contributed by atoms with Crippen LogP contribution < -0.4 is 4.74 Å². The van der Waals surface area contributed by atoms with Crippen LogP contribution in [0.1, 0.15) is 12.0 Å². The van der Waals surface area contributed by atoms with E-state index in [0.717, 1.165) is 12.0 Å². The van der Waals surface area contributed by atoms with E-state index < -0.39 is 0 Å². The van der Waals surface area contributed by atoms with Gasteiger partial charge in [-0.15, -0.1) is 0 Å². The van der Waals surface area contributed by atoms with E-state index in [1.807, 2.05) is 6.07 Å². The van der Waals surface area contributed by atoms with Gasteiger partial charge in [0.1, 0.15) is 6.61 Å². The molecule has 0 saturated heterocycles. The van der Waals surface area contributed by atoms with Crippen LogP contribution in [0.15, 0.2) is 18.2 Å². The lowest BCUT2D eigenvalue weighted by molar-refractivity contribution is 0.0797. The molecule has 0 N–H and O–H groups in total. The van der Waals surface area contributed by atoms with Gasteiger partial charge in [0, 0.05) is 25.7 Å². The van der Waals surface area contributed by atoms with Crippen LogP contribution in [-0.4, -0.2) is 33.5 Å². The standard InChI is InChI=1S/C13H18BrFO3/c1-16-5-2-6-17-7-8-18-13-4-3-11(10-14)9-12(13)15/h3-4,9H,2,5-8,10H2,1H3. The molecule has 0 aliphatic carbocycles. The second kappa shape index (κ2) is 9.30. The van der Waals surface area contributed by atoms with E-state index in [1.54, 1.807) is 13.2 Å². The molecule has 1 rings (SSSR count). The topological polar surface area (TPSA) is 27.7 Å². The number of rotatable bonds is 9. The monoisotopic (exact) mass is 320 g/mol. The van der Waals surface area contributed by atoms with E-state index in [-0.39, 0.29) is 11.6 Å². The summed E-state index contributed by atoms with van der Waals surface area (Å²) in [6.45, 7) is 2.10. The third kappa shape index (κ3) is 5.80. The molecule has 0 amide bonds. The van der Waals surface area contributed by atoms with Crippen LogP contribution in [0.25, 0.3) is 0 Å². The van der Waals surface area contributed by atoms with Crippen molar-refractivity contribution in [1.29, 1.82) is 0 Å². The van der Waals surface area contributed by atoms with Gasteiger partial charge in [-0.05, 0) is 24.1 Å². The molecule has 0 aromatic heterocycles. The van der Waals surface area contributed by atoms with Crippen LogP contribution in [0, 0.1) is 5.82 Å². The molecular formula is C13H18BrFO3. The van der Waals surface area contributed by atoms with E-state index in [2.05, 4.69) is 15.9 Å². The molecule has 3 nitrogen and oxygen atoms in total. The molecule has 0 unspecified atom stereocenters. The van der Waals surface area contributed by atoms with Crippen LogP contribution in [-0.2, 0) is 14.8 Å². The molecule has 0 heterocycles. The molecule has 18 heavy (non-hydrogen) atoms. The minimum Gasteiger partial charge on any atom is -0.488 e. The van der Waals surface area contributed by atoms with Gasteiger partial charge in [-0.1, -0.05) is 22.0 Å². The van der Waals surface area contributed by atoms with Crippen LogP contribution in [0.3, 0.4) is 0 Å². The molecule has 0 aliphatic heterocycles. The van der Waals surface area contributed by atoms with Gasteiger partial charge in [0.25, 0.3) is 0 Å². The van der Waals surface area contributed by atoms with Crippen molar-refractivity contribution in [3.05, 3.63) is 29.6 Å². The fourth-order valence-corrected chi connectivity index (χ4v) is 1.71.